The average molecular weight is 325 g/mol. The second kappa shape index (κ2) is 6.95. The number of hydrogen-bond acceptors (Lipinski definition) is 4. The number of nitriles is 1. The summed E-state index contributed by atoms with van der Waals surface area (Å²) in [5, 5.41) is 17.4. The van der Waals surface area contributed by atoms with Gasteiger partial charge in [-0.15, -0.1) is 0 Å². The van der Waals surface area contributed by atoms with Crippen molar-refractivity contribution >= 4 is 21.6 Å². The van der Waals surface area contributed by atoms with Crippen LogP contribution in [0.4, 0.5) is 8.78 Å². The van der Waals surface area contributed by atoms with Crippen molar-refractivity contribution in [3.63, 3.8) is 0 Å². The fraction of sp³-hybridized carbons (Fsp3) is 0.364. The largest absolute Gasteiger partial charge is 0.395 e. The lowest BCUT2D eigenvalue weighted by molar-refractivity contribution is 0.113. The molecule has 0 amide bonds. The van der Waals surface area contributed by atoms with E-state index in [0.717, 1.165) is 12.1 Å². The maximum atomic E-state index is 12.4. The van der Waals surface area contributed by atoms with E-state index in [4.69, 9.17) is 22.0 Å². The van der Waals surface area contributed by atoms with Gasteiger partial charge in [-0.3, -0.25) is 0 Å². The number of sulfonamides is 1. The molecule has 9 heteroatoms. The van der Waals surface area contributed by atoms with E-state index in [0.29, 0.717) is 4.31 Å². The Morgan fingerprint density at radius 1 is 1.45 bits per heavy atom. The van der Waals surface area contributed by atoms with Gasteiger partial charge in [0.2, 0.25) is 10.0 Å². The second-order valence-corrected chi connectivity index (χ2v) is 6.08. The predicted octanol–water partition coefficient (Wildman–Crippen LogP) is 1.46. The highest BCUT2D eigenvalue weighted by molar-refractivity contribution is 7.89. The van der Waals surface area contributed by atoms with Gasteiger partial charge in [-0.05, 0) is 18.2 Å². The number of nitrogens with zero attached hydrogens (tertiary/aromatic N) is 2. The molecule has 1 aromatic carbocycles. The first kappa shape index (κ1) is 16.8. The molecule has 20 heavy (non-hydrogen) atoms. The third-order valence-corrected chi connectivity index (χ3v) is 4.56. The first-order chi connectivity index (χ1) is 9.32. The molecular weight excluding hydrogens is 314 g/mol. The Bertz CT molecular complexity index is 617. The van der Waals surface area contributed by atoms with E-state index in [1.54, 1.807) is 6.07 Å². The molecule has 0 unspecified atom stereocenters. The molecule has 0 heterocycles. The van der Waals surface area contributed by atoms with Crippen LogP contribution < -0.4 is 0 Å². The highest BCUT2D eigenvalue weighted by atomic mass is 35.5. The topological polar surface area (TPSA) is 81.4 Å². The number of hydrogen-bond donors (Lipinski definition) is 1. The molecule has 0 aliphatic carbocycles. The van der Waals surface area contributed by atoms with Gasteiger partial charge in [0.1, 0.15) is 6.07 Å². The molecule has 110 valence electrons. The van der Waals surface area contributed by atoms with E-state index in [2.05, 4.69) is 0 Å². The van der Waals surface area contributed by atoms with Crippen LogP contribution in [0.1, 0.15) is 5.56 Å². The number of halogens is 3. The molecule has 0 aliphatic rings. The van der Waals surface area contributed by atoms with Crippen LogP contribution >= 0.6 is 11.6 Å². The Morgan fingerprint density at radius 2 is 2.10 bits per heavy atom. The molecule has 0 atom stereocenters. The monoisotopic (exact) mass is 324 g/mol. The third-order valence-electron chi connectivity index (χ3n) is 2.39. The maximum absolute atomic E-state index is 12.4. The number of rotatable bonds is 6. The van der Waals surface area contributed by atoms with E-state index in [-0.39, 0.29) is 15.5 Å². The van der Waals surface area contributed by atoms with Crippen LogP contribution in [0, 0.1) is 11.3 Å². The summed E-state index contributed by atoms with van der Waals surface area (Å²) in [5.74, 6) is 0. The Hall–Kier alpha value is -1.27. The average Bonchev–Trinajstić information content (AvgIpc) is 2.37. The highest BCUT2D eigenvalue weighted by Crippen LogP contribution is 2.23. The summed E-state index contributed by atoms with van der Waals surface area (Å²) in [4.78, 5) is -0.310. The van der Waals surface area contributed by atoms with Crippen molar-refractivity contribution in [2.75, 3.05) is 19.7 Å². The summed E-state index contributed by atoms with van der Waals surface area (Å²) in [5.41, 5.74) is 0.0770. The summed E-state index contributed by atoms with van der Waals surface area (Å²) >= 11 is 5.72. The van der Waals surface area contributed by atoms with Crippen LogP contribution in [-0.4, -0.2) is 44.0 Å². The number of aliphatic hydroxyl groups excluding tert-OH is 1. The first-order valence-corrected chi connectivity index (χ1v) is 7.23. The minimum absolute atomic E-state index is 0.0770. The van der Waals surface area contributed by atoms with Gasteiger partial charge in [0.25, 0.3) is 6.43 Å². The quantitative estimate of drug-likeness (QED) is 0.859. The van der Waals surface area contributed by atoms with Crippen LogP contribution in [-0.2, 0) is 10.0 Å². The SMILES string of the molecule is N#Cc1ccc(S(=O)(=O)N(CCO)CC(F)F)cc1Cl. The van der Waals surface area contributed by atoms with Gasteiger partial charge in [0.15, 0.2) is 0 Å². The predicted molar refractivity (Wildman–Crippen MR) is 68.0 cm³/mol. The Labute approximate surface area is 120 Å². The molecule has 0 fully saturated rings. The lowest BCUT2D eigenvalue weighted by Gasteiger charge is -2.21. The summed E-state index contributed by atoms with van der Waals surface area (Å²) in [6, 6.07) is 5.08. The second-order valence-electron chi connectivity index (χ2n) is 3.73. The molecule has 0 radical (unpaired) electrons. The van der Waals surface area contributed by atoms with Crippen molar-refractivity contribution in [3.8, 4) is 6.07 Å². The number of aliphatic hydroxyl groups is 1. The van der Waals surface area contributed by atoms with Crippen LogP contribution in [0.2, 0.25) is 5.02 Å². The van der Waals surface area contributed by atoms with Gasteiger partial charge >= 0.3 is 0 Å². The highest BCUT2D eigenvalue weighted by Gasteiger charge is 2.27. The van der Waals surface area contributed by atoms with Crippen molar-refractivity contribution in [1.82, 2.24) is 4.31 Å². The van der Waals surface area contributed by atoms with Crippen molar-refractivity contribution in [1.29, 1.82) is 5.26 Å². The molecule has 1 aromatic rings. The first-order valence-electron chi connectivity index (χ1n) is 5.41. The van der Waals surface area contributed by atoms with Gasteiger partial charge in [-0.1, -0.05) is 11.6 Å². The standard InChI is InChI=1S/C11H11ClF2N2O3S/c12-10-5-9(2-1-8(10)6-15)20(18,19)16(3-4-17)7-11(13)14/h1-2,5,11,17H,3-4,7H2. The lowest BCUT2D eigenvalue weighted by atomic mass is 10.2. The van der Waals surface area contributed by atoms with Crippen LogP contribution in [0.5, 0.6) is 0 Å². The van der Waals surface area contributed by atoms with Crippen molar-refractivity contribution in [2.45, 2.75) is 11.3 Å². The maximum Gasteiger partial charge on any atom is 0.252 e. The van der Waals surface area contributed by atoms with E-state index >= 15 is 0 Å². The smallest absolute Gasteiger partial charge is 0.252 e. The molecular formula is C11H11ClF2N2O3S. The van der Waals surface area contributed by atoms with E-state index in [1.807, 2.05) is 0 Å². The molecule has 1 N–H and O–H groups in total. The molecule has 0 saturated carbocycles. The Kier molecular flexibility index (Phi) is 5.83. The number of benzene rings is 1. The zero-order valence-corrected chi connectivity index (χ0v) is 11.7. The zero-order chi connectivity index (χ0) is 15.3. The Balaban J connectivity index is 3.19. The molecule has 0 aromatic heterocycles. The van der Waals surface area contributed by atoms with Crippen molar-refractivity contribution in [3.05, 3.63) is 28.8 Å². The summed E-state index contributed by atoms with van der Waals surface area (Å²) < 4.78 is 49.6. The van der Waals surface area contributed by atoms with Crippen molar-refractivity contribution < 1.29 is 22.3 Å². The minimum atomic E-state index is -4.21. The van der Waals surface area contributed by atoms with Crippen LogP contribution in [0.25, 0.3) is 0 Å². The lowest BCUT2D eigenvalue weighted by Crippen LogP contribution is -2.37. The van der Waals surface area contributed by atoms with Gasteiger partial charge < -0.3 is 5.11 Å². The molecule has 5 nitrogen and oxygen atoms in total. The minimum Gasteiger partial charge on any atom is -0.395 e. The van der Waals surface area contributed by atoms with E-state index < -0.39 is 36.1 Å². The summed E-state index contributed by atoms with van der Waals surface area (Å²) in [6.07, 6.45) is -2.87. The van der Waals surface area contributed by atoms with Gasteiger partial charge in [0.05, 0.1) is 28.6 Å². The fourth-order valence-electron chi connectivity index (χ4n) is 1.47. The molecule has 1 rings (SSSR count). The molecule has 0 saturated heterocycles. The van der Waals surface area contributed by atoms with Crippen LogP contribution in [0.15, 0.2) is 23.1 Å². The summed E-state index contributed by atoms with van der Waals surface area (Å²) in [6.45, 7) is -2.07. The fourth-order valence-corrected chi connectivity index (χ4v) is 3.19. The molecule has 0 aliphatic heterocycles. The van der Waals surface area contributed by atoms with Gasteiger partial charge in [0, 0.05) is 6.54 Å². The number of alkyl halides is 2. The molecule has 0 bridgehead atoms. The van der Waals surface area contributed by atoms with Gasteiger partial charge in [-0.25, -0.2) is 17.2 Å². The van der Waals surface area contributed by atoms with E-state index in [9.17, 15) is 17.2 Å². The Morgan fingerprint density at radius 3 is 2.55 bits per heavy atom. The third kappa shape index (κ3) is 3.86. The zero-order valence-electron chi connectivity index (χ0n) is 10.1. The van der Waals surface area contributed by atoms with Crippen molar-refractivity contribution in [2.24, 2.45) is 0 Å². The van der Waals surface area contributed by atoms with Gasteiger partial charge in [-0.2, -0.15) is 9.57 Å². The molecule has 0 spiro atoms. The van der Waals surface area contributed by atoms with Crippen LogP contribution in [0.3, 0.4) is 0 Å². The van der Waals surface area contributed by atoms with E-state index in [1.165, 1.54) is 6.07 Å². The summed E-state index contributed by atoms with van der Waals surface area (Å²) in [7, 11) is -4.21. The normalized spacial score (nSPS) is 11.8.